The minimum absolute atomic E-state index is 0.245. The van der Waals surface area contributed by atoms with Crippen LogP contribution in [-0.2, 0) is 11.2 Å². The molecule has 0 amide bonds. The van der Waals surface area contributed by atoms with Crippen molar-refractivity contribution in [3.05, 3.63) is 29.3 Å². The number of benzene rings is 1. The highest BCUT2D eigenvalue weighted by atomic mass is 16.5. The van der Waals surface area contributed by atoms with Crippen LogP contribution in [0.4, 0.5) is 5.69 Å². The second-order valence-corrected chi connectivity index (χ2v) is 3.89. The molecule has 0 fully saturated rings. The number of para-hydroxylation sites is 1. The lowest BCUT2D eigenvalue weighted by molar-refractivity contribution is 0.129. The van der Waals surface area contributed by atoms with Gasteiger partial charge in [0.2, 0.25) is 0 Å². The summed E-state index contributed by atoms with van der Waals surface area (Å²) in [6.45, 7) is 7.24. The number of hydrogen-bond acceptors (Lipinski definition) is 2. The summed E-state index contributed by atoms with van der Waals surface area (Å²) in [5, 5.41) is 3.46. The van der Waals surface area contributed by atoms with Gasteiger partial charge in [0.1, 0.15) is 0 Å². The van der Waals surface area contributed by atoms with Crippen LogP contribution in [0.15, 0.2) is 18.2 Å². The molecule has 0 radical (unpaired) electrons. The van der Waals surface area contributed by atoms with Crippen LogP contribution in [0.1, 0.15) is 25.0 Å². The molecular formula is C13H21NO. The molecule has 2 heteroatoms. The molecule has 0 saturated carbocycles. The van der Waals surface area contributed by atoms with E-state index < -0.39 is 0 Å². The number of anilines is 1. The average molecular weight is 207 g/mol. The molecule has 0 aliphatic heterocycles. The van der Waals surface area contributed by atoms with E-state index in [-0.39, 0.29) is 6.10 Å². The second kappa shape index (κ2) is 5.76. The van der Waals surface area contributed by atoms with Gasteiger partial charge in [-0.15, -0.1) is 0 Å². The number of ether oxygens (including phenoxy) is 1. The van der Waals surface area contributed by atoms with E-state index in [0.717, 1.165) is 13.0 Å². The molecule has 2 nitrogen and oxygen atoms in total. The van der Waals surface area contributed by atoms with Crippen molar-refractivity contribution >= 4 is 5.69 Å². The van der Waals surface area contributed by atoms with Crippen molar-refractivity contribution in [2.75, 3.05) is 19.0 Å². The summed E-state index contributed by atoms with van der Waals surface area (Å²) in [7, 11) is 1.74. The van der Waals surface area contributed by atoms with Crippen LogP contribution in [0.5, 0.6) is 0 Å². The van der Waals surface area contributed by atoms with Gasteiger partial charge in [-0.2, -0.15) is 0 Å². The van der Waals surface area contributed by atoms with E-state index in [4.69, 9.17) is 4.74 Å². The molecule has 15 heavy (non-hydrogen) atoms. The first-order valence-electron chi connectivity index (χ1n) is 5.54. The van der Waals surface area contributed by atoms with Crippen LogP contribution >= 0.6 is 0 Å². The quantitative estimate of drug-likeness (QED) is 0.801. The molecule has 0 aromatic heterocycles. The van der Waals surface area contributed by atoms with Crippen molar-refractivity contribution in [3.8, 4) is 0 Å². The molecule has 1 aromatic carbocycles. The van der Waals surface area contributed by atoms with Crippen LogP contribution in [0, 0.1) is 6.92 Å². The monoisotopic (exact) mass is 207 g/mol. The van der Waals surface area contributed by atoms with Crippen molar-refractivity contribution < 1.29 is 4.74 Å². The molecule has 0 spiro atoms. The van der Waals surface area contributed by atoms with Gasteiger partial charge in [-0.25, -0.2) is 0 Å². The molecule has 0 bridgehead atoms. The molecule has 0 saturated heterocycles. The smallest absolute Gasteiger partial charge is 0.0715 e. The van der Waals surface area contributed by atoms with E-state index in [1.807, 2.05) is 0 Å². The van der Waals surface area contributed by atoms with E-state index in [1.165, 1.54) is 16.8 Å². The Balaban J connectivity index is 2.74. The summed E-state index contributed by atoms with van der Waals surface area (Å²) in [5.74, 6) is 0. The molecule has 1 rings (SSSR count). The third-order valence-electron chi connectivity index (χ3n) is 2.71. The van der Waals surface area contributed by atoms with E-state index in [9.17, 15) is 0 Å². The third-order valence-corrected chi connectivity index (χ3v) is 2.71. The summed E-state index contributed by atoms with van der Waals surface area (Å²) in [6.07, 6.45) is 1.31. The molecular weight excluding hydrogens is 186 g/mol. The molecule has 1 unspecified atom stereocenters. The highest BCUT2D eigenvalue weighted by Gasteiger charge is 2.05. The van der Waals surface area contributed by atoms with Crippen molar-refractivity contribution in [2.24, 2.45) is 0 Å². The summed E-state index contributed by atoms with van der Waals surface area (Å²) in [4.78, 5) is 0. The lowest BCUT2D eigenvalue weighted by Crippen LogP contribution is -2.19. The fourth-order valence-electron chi connectivity index (χ4n) is 1.61. The highest BCUT2D eigenvalue weighted by Crippen LogP contribution is 2.20. The third kappa shape index (κ3) is 3.24. The van der Waals surface area contributed by atoms with Gasteiger partial charge < -0.3 is 10.1 Å². The zero-order valence-electron chi connectivity index (χ0n) is 10.1. The van der Waals surface area contributed by atoms with E-state index in [0.29, 0.717) is 0 Å². The van der Waals surface area contributed by atoms with Crippen LogP contribution in [-0.4, -0.2) is 19.8 Å². The first kappa shape index (κ1) is 12.1. The summed E-state index contributed by atoms with van der Waals surface area (Å²) >= 11 is 0. The zero-order chi connectivity index (χ0) is 11.3. The number of rotatable bonds is 5. The Labute approximate surface area is 92.6 Å². The molecule has 1 aromatic rings. The fourth-order valence-corrected chi connectivity index (χ4v) is 1.61. The second-order valence-electron chi connectivity index (χ2n) is 3.89. The standard InChI is InChI=1S/C13H21NO/c1-5-12-8-6-7-10(2)13(12)14-9-11(3)15-4/h6-8,11,14H,5,9H2,1-4H3. The van der Waals surface area contributed by atoms with Gasteiger partial charge in [-0.3, -0.25) is 0 Å². The van der Waals surface area contributed by atoms with Crippen LogP contribution in [0.3, 0.4) is 0 Å². The van der Waals surface area contributed by atoms with Gasteiger partial charge in [0.15, 0.2) is 0 Å². The SMILES string of the molecule is CCc1cccc(C)c1NCC(C)OC. The summed E-state index contributed by atoms with van der Waals surface area (Å²) in [6, 6.07) is 6.42. The molecule has 84 valence electrons. The van der Waals surface area contributed by atoms with E-state index in [1.54, 1.807) is 7.11 Å². The molecule has 1 atom stereocenters. The largest absolute Gasteiger partial charge is 0.382 e. The van der Waals surface area contributed by atoms with E-state index in [2.05, 4.69) is 44.3 Å². The Morgan fingerprint density at radius 2 is 2.13 bits per heavy atom. The van der Waals surface area contributed by atoms with Gasteiger partial charge in [0.05, 0.1) is 6.10 Å². The van der Waals surface area contributed by atoms with Gasteiger partial charge in [-0.05, 0) is 31.4 Å². The zero-order valence-corrected chi connectivity index (χ0v) is 10.1. The predicted octanol–water partition coefficient (Wildman–Crippen LogP) is 3.00. The Morgan fingerprint density at radius 1 is 1.40 bits per heavy atom. The van der Waals surface area contributed by atoms with E-state index >= 15 is 0 Å². The van der Waals surface area contributed by atoms with Gasteiger partial charge in [0.25, 0.3) is 0 Å². The average Bonchev–Trinajstić information content (AvgIpc) is 2.26. The van der Waals surface area contributed by atoms with Crippen molar-refractivity contribution in [3.63, 3.8) is 0 Å². The van der Waals surface area contributed by atoms with Crippen LogP contribution in [0.2, 0.25) is 0 Å². The van der Waals surface area contributed by atoms with Gasteiger partial charge >= 0.3 is 0 Å². The minimum Gasteiger partial charge on any atom is -0.382 e. The first-order chi connectivity index (χ1) is 7.19. The summed E-state index contributed by atoms with van der Waals surface area (Å²) in [5.41, 5.74) is 3.94. The Bertz CT molecular complexity index is 309. The fraction of sp³-hybridized carbons (Fsp3) is 0.538. The lowest BCUT2D eigenvalue weighted by atomic mass is 10.1. The van der Waals surface area contributed by atoms with Gasteiger partial charge in [-0.1, -0.05) is 25.1 Å². The topological polar surface area (TPSA) is 21.3 Å². The number of aryl methyl sites for hydroxylation is 2. The molecule has 0 aliphatic rings. The number of methoxy groups -OCH3 is 1. The molecule has 1 N–H and O–H groups in total. The molecule has 0 aliphatic carbocycles. The Kier molecular flexibility index (Phi) is 4.63. The highest BCUT2D eigenvalue weighted by molar-refractivity contribution is 5.57. The maximum absolute atomic E-state index is 5.22. The lowest BCUT2D eigenvalue weighted by Gasteiger charge is -2.16. The van der Waals surface area contributed by atoms with Crippen LogP contribution in [0.25, 0.3) is 0 Å². The Morgan fingerprint density at radius 3 is 2.73 bits per heavy atom. The van der Waals surface area contributed by atoms with Crippen molar-refractivity contribution in [2.45, 2.75) is 33.3 Å². The predicted molar refractivity (Wildman–Crippen MR) is 65.5 cm³/mol. The maximum atomic E-state index is 5.22. The number of hydrogen-bond donors (Lipinski definition) is 1. The summed E-state index contributed by atoms with van der Waals surface area (Å²) < 4.78 is 5.22. The Hall–Kier alpha value is -1.02. The number of nitrogens with one attached hydrogen (secondary N) is 1. The van der Waals surface area contributed by atoms with Crippen molar-refractivity contribution in [1.82, 2.24) is 0 Å². The normalized spacial score (nSPS) is 12.5. The van der Waals surface area contributed by atoms with Crippen molar-refractivity contribution in [1.29, 1.82) is 0 Å². The van der Waals surface area contributed by atoms with Crippen LogP contribution < -0.4 is 5.32 Å². The van der Waals surface area contributed by atoms with Gasteiger partial charge in [0, 0.05) is 19.3 Å². The maximum Gasteiger partial charge on any atom is 0.0715 e. The minimum atomic E-state index is 0.245. The first-order valence-corrected chi connectivity index (χ1v) is 5.54. The molecule has 0 heterocycles.